The fourth-order valence-corrected chi connectivity index (χ4v) is 5.21. The van der Waals surface area contributed by atoms with Crippen molar-refractivity contribution in [2.45, 2.75) is 38.0 Å². The summed E-state index contributed by atoms with van der Waals surface area (Å²) in [7, 11) is 0. The topological polar surface area (TPSA) is 102 Å². The Morgan fingerprint density at radius 3 is 2.58 bits per heavy atom. The average molecular weight is 440 g/mol. The number of aromatic nitrogens is 2. The molecule has 0 unspecified atom stereocenters. The lowest BCUT2D eigenvalue weighted by Crippen LogP contribution is -2.33. The predicted molar refractivity (Wildman–Crippen MR) is 131 cm³/mol. The maximum absolute atomic E-state index is 11.5. The lowest BCUT2D eigenvalue weighted by atomic mass is 9.89. The molecule has 1 amide bonds. The SMILES string of the molecule is N#Cc1ccc2[nH]cc(C3CCN(CCCCc4c[nH]c5ccc(C(N)=O)cc45)CC3)c2c1. The van der Waals surface area contributed by atoms with Gasteiger partial charge >= 0.3 is 0 Å². The van der Waals surface area contributed by atoms with Crippen LogP contribution >= 0.6 is 0 Å². The summed E-state index contributed by atoms with van der Waals surface area (Å²) in [4.78, 5) is 20.7. The summed E-state index contributed by atoms with van der Waals surface area (Å²) in [6.45, 7) is 3.35. The number of carbonyl (C=O) groups is 1. The van der Waals surface area contributed by atoms with Crippen LogP contribution in [0.4, 0.5) is 0 Å². The zero-order chi connectivity index (χ0) is 22.8. The molecular weight excluding hydrogens is 410 g/mol. The van der Waals surface area contributed by atoms with Gasteiger partial charge in [-0.1, -0.05) is 0 Å². The number of primary amides is 1. The van der Waals surface area contributed by atoms with E-state index in [1.54, 1.807) is 6.07 Å². The van der Waals surface area contributed by atoms with E-state index in [0.29, 0.717) is 11.5 Å². The predicted octanol–water partition coefficient (Wildman–Crippen LogP) is 4.82. The summed E-state index contributed by atoms with van der Waals surface area (Å²) in [6, 6.07) is 13.8. The van der Waals surface area contributed by atoms with Gasteiger partial charge in [0, 0.05) is 39.8 Å². The minimum absolute atomic E-state index is 0.384. The van der Waals surface area contributed by atoms with Gasteiger partial charge in [-0.3, -0.25) is 4.79 Å². The molecule has 0 radical (unpaired) electrons. The zero-order valence-electron chi connectivity index (χ0n) is 18.7. The number of aryl methyl sites for hydroxylation is 1. The maximum atomic E-state index is 11.5. The molecule has 1 saturated heterocycles. The van der Waals surface area contributed by atoms with Crippen molar-refractivity contribution in [2.24, 2.45) is 5.73 Å². The van der Waals surface area contributed by atoms with Crippen molar-refractivity contribution < 1.29 is 4.79 Å². The fraction of sp³-hybridized carbons (Fsp3) is 0.333. The van der Waals surface area contributed by atoms with E-state index in [2.05, 4.69) is 33.3 Å². The molecule has 4 aromatic rings. The smallest absolute Gasteiger partial charge is 0.248 e. The van der Waals surface area contributed by atoms with Crippen LogP contribution in [-0.4, -0.2) is 40.4 Å². The first-order valence-corrected chi connectivity index (χ1v) is 11.8. The number of unbranched alkanes of at least 4 members (excludes halogenated alkanes) is 1. The van der Waals surface area contributed by atoms with Gasteiger partial charge in [0.15, 0.2) is 0 Å². The van der Waals surface area contributed by atoms with Crippen molar-refractivity contribution in [1.82, 2.24) is 14.9 Å². The monoisotopic (exact) mass is 439 g/mol. The minimum Gasteiger partial charge on any atom is -0.366 e. The van der Waals surface area contributed by atoms with Gasteiger partial charge in [0.05, 0.1) is 11.6 Å². The third kappa shape index (κ3) is 4.37. The van der Waals surface area contributed by atoms with Gasteiger partial charge in [-0.25, -0.2) is 0 Å². The van der Waals surface area contributed by atoms with Gasteiger partial charge in [-0.05, 0) is 105 Å². The third-order valence-corrected chi connectivity index (χ3v) is 7.09. The van der Waals surface area contributed by atoms with Crippen molar-refractivity contribution in [3.05, 3.63) is 71.0 Å². The maximum Gasteiger partial charge on any atom is 0.248 e. The third-order valence-electron chi connectivity index (χ3n) is 7.09. The van der Waals surface area contributed by atoms with Crippen molar-refractivity contribution in [3.8, 4) is 6.07 Å². The Morgan fingerprint density at radius 1 is 1.03 bits per heavy atom. The molecule has 4 N–H and O–H groups in total. The number of hydrogen-bond donors (Lipinski definition) is 3. The Bertz CT molecular complexity index is 1330. The van der Waals surface area contributed by atoms with Crippen LogP contribution in [0.1, 0.15) is 58.6 Å². The van der Waals surface area contributed by atoms with E-state index in [1.165, 1.54) is 16.5 Å². The fourth-order valence-electron chi connectivity index (χ4n) is 5.21. The molecule has 1 aliphatic heterocycles. The van der Waals surface area contributed by atoms with Crippen LogP contribution in [0.15, 0.2) is 48.8 Å². The van der Waals surface area contributed by atoms with Crippen LogP contribution in [0.3, 0.4) is 0 Å². The highest BCUT2D eigenvalue weighted by Gasteiger charge is 2.22. The van der Waals surface area contributed by atoms with E-state index in [4.69, 9.17) is 5.73 Å². The number of likely N-dealkylation sites (tertiary alicyclic amines) is 1. The summed E-state index contributed by atoms with van der Waals surface area (Å²) in [5.74, 6) is 0.167. The first-order valence-electron chi connectivity index (χ1n) is 11.8. The molecule has 0 bridgehead atoms. The number of fused-ring (bicyclic) bond motifs is 2. The van der Waals surface area contributed by atoms with E-state index >= 15 is 0 Å². The Kier molecular flexibility index (Phi) is 5.89. The quantitative estimate of drug-likeness (QED) is 0.360. The van der Waals surface area contributed by atoms with Gasteiger partial charge < -0.3 is 20.6 Å². The molecule has 0 atom stereocenters. The highest BCUT2D eigenvalue weighted by atomic mass is 16.1. The Morgan fingerprint density at radius 2 is 1.79 bits per heavy atom. The van der Waals surface area contributed by atoms with Crippen LogP contribution in [0.2, 0.25) is 0 Å². The Labute approximate surface area is 193 Å². The molecule has 5 rings (SSSR count). The highest BCUT2D eigenvalue weighted by Crippen LogP contribution is 2.33. The summed E-state index contributed by atoms with van der Waals surface area (Å²) >= 11 is 0. The second-order valence-electron chi connectivity index (χ2n) is 9.13. The number of hydrogen-bond acceptors (Lipinski definition) is 3. The van der Waals surface area contributed by atoms with E-state index in [-0.39, 0.29) is 5.91 Å². The average Bonchev–Trinajstić information content (AvgIpc) is 3.45. The molecule has 2 aromatic carbocycles. The van der Waals surface area contributed by atoms with E-state index < -0.39 is 0 Å². The number of rotatable bonds is 7. The standard InChI is InChI=1S/C27H29N5O/c28-15-18-4-6-26-23(13-18)24(17-31-26)19-8-11-32(12-9-19)10-2-1-3-21-16-30-25-7-5-20(27(29)33)14-22(21)25/h4-7,13-14,16-17,19,30-31H,1-3,8-12H2,(H2,29,33). The molecule has 6 heteroatoms. The summed E-state index contributed by atoms with van der Waals surface area (Å²) < 4.78 is 0. The van der Waals surface area contributed by atoms with Crippen LogP contribution in [0, 0.1) is 11.3 Å². The minimum atomic E-state index is -0.384. The normalized spacial score (nSPS) is 15.2. The molecule has 33 heavy (non-hydrogen) atoms. The van der Waals surface area contributed by atoms with Gasteiger partial charge in [0.25, 0.3) is 0 Å². The van der Waals surface area contributed by atoms with E-state index in [0.717, 1.165) is 73.7 Å². The van der Waals surface area contributed by atoms with Crippen molar-refractivity contribution in [1.29, 1.82) is 5.26 Å². The molecule has 168 valence electrons. The summed E-state index contributed by atoms with van der Waals surface area (Å²) in [5.41, 5.74) is 11.5. The molecule has 0 spiro atoms. The number of amides is 1. The van der Waals surface area contributed by atoms with Crippen LogP contribution in [0.25, 0.3) is 21.8 Å². The number of nitrogens with two attached hydrogens (primary N) is 1. The number of nitrogens with one attached hydrogen (secondary N) is 2. The van der Waals surface area contributed by atoms with Crippen LogP contribution in [0.5, 0.6) is 0 Å². The summed E-state index contributed by atoms with van der Waals surface area (Å²) in [6.07, 6.45) is 9.77. The zero-order valence-corrected chi connectivity index (χ0v) is 18.7. The first-order chi connectivity index (χ1) is 16.1. The molecule has 0 saturated carbocycles. The number of piperidine rings is 1. The Balaban J connectivity index is 1.12. The van der Waals surface area contributed by atoms with Gasteiger partial charge in [-0.15, -0.1) is 0 Å². The van der Waals surface area contributed by atoms with Crippen LogP contribution < -0.4 is 5.73 Å². The number of benzene rings is 2. The highest BCUT2D eigenvalue weighted by molar-refractivity contribution is 5.97. The number of carbonyl (C=O) groups excluding carboxylic acids is 1. The molecular formula is C27H29N5O. The molecule has 1 fully saturated rings. The van der Waals surface area contributed by atoms with Crippen molar-refractivity contribution >= 4 is 27.7 Å². The molecule has 1 aliphatic rings. The molecule has 2 aromatic heterocycles. The van der Waals surface area contributed by atoms with Crippen molar-refractivity contribution in [2.75, 3.05) is 19.6 Å². The number of nitriles is 1. The first kappa shape index (κ1) is 21.3. The summed E-state index contributed by atoms with van der Waals surface area (Å²) in [5, 5.41) is 11.5. The Hall–Kier alpha value is -3.56. The van der Waals surface area contributed by atoms with Crippen LogP contribution in [-0.2, 0) is 6.42 Å². The van der Waals surface area contributed by atoms with Gasteiger partial charge in [0.1, 0.15) is 0 Å². The lowest BCUT2D eigenvalue weighted by Gasteiger charge is -2.32. The lowest BCUT2D eigenvalue weighted by molar-refractivity contribution is 0.100. The van der Waals surface area contributed by atoms with E-state index in [9.17, 15) is 10.1 Å². The van der Waals surface area contributed by atoms with Crippen molar-refractivity contribution in [3.63, 3.8) is 0 Å². The largest absolute Gasteiger partial charge is 0.366 e. The molecule has 6 nitrogen and oxygen atoms in total. The van der Waals surface area contributed by atoms with Gasteiger partial charge in [-0.2, -0.15) is 5.26 Å². The number of H-pyrrole nitrogens is 2. The van der Waals surface area contributed by atoms with E-state index in [1.807, 2.05) is 30.3 Å². The number of nitrogens with zero attached hydrogens (tertiary/aromatic N) is 2. The second-order valence-corrected chi connectivity index (χ2v) is 9.13. The second kappa shape index (κ2) is 9.13. The van der Waals surface area contributed by atoms with Gasteiger partial charge in [0.2, 0.25) is 5.91 Å². The molecule has 3 heterocycles. The molecule has 0 aliphatic carbocycles. The number of aromatic amines is 2.